The Morgan fingerprint density at radius 2 is 2.22 bits per heavy atom. The van der Waals surface area contributed by atoms with E-state index in [1.807, 2.05) is 12.1 Å². The van der Waals surface area contributed by atoms with Crippen LogP contribution < -0.4 is 5.32 Å². The predicted octanol–water partition coefficient (Wildman–Crippen LogP) is 2.55. The maximum atomic E-state index is 4.41. The van der Waals surface area contributed by atoms with Crippen molar-refractivity contribution in [2.45, 2.75) is 25.3 Å². The summed E-state index contributed by atoms with van der Waals surface area (Å²) in [5, 5.41) is 12.3. The molecule has 3 unspecified atom stereocenters. The van der Waals surface area contributed by atoms with Crippen molar-refractivity contribution < 1.29 is 0 Å². The Kier molecular flexibility index (Phi) is 2.45. The number of nitrogens with one attached hydrogen (secondary N) is 1. The topological polar surface area (TPSA) is 42.2 Å². The molecule has 1 N–H and O–H groups in total. The largest absolute Gasteiger partial charge is 0.307 e. The van der Waals surface area contributed by atoms with Gasteiger partial charge in [-0.2, -0.15) is 0 Å². The first-order valence-corrected chi connectivity index (χ1v) is 7.36. The molecule has 4 nitrogen and oxygen atoms in total. The molecule has 4 rings (SSSR count). The van der Waals surface area contributed by atoms with Gasteiger partial charge < -0.3 is 5.32 Å². The summed E-state index contributed by atoms with van der Waals surface area (Å²) in [5.41, 5.74) is 0.927. The van der Waals surface area contributed by atoms with Crippen LogP contribution in [0.4, 0.5) is 0 Å². The third-order valence-corrected chi connectivity index (χ3v) is 4.89. The van der Waals surface area contributed by atoms with Gasteiger partial charge >= 0.3 is 0 Å². The van der Waals surface area contributed by atoms with Crippen LogP contribution in [0, 0.1) is 11.8 Å². The first-order valence-electron chi connectivity index (χ1n) is 6.56. The van der Waals surface area contributed by atoms with Gasteiger partial charge in [0.1, 0.15) is 0 Å². The first kappa shape index (κ1) is 10.9. The first-order chi connectivity index (χ1) is 8.83. The van der Waals surface area contributed by atoms with Crippen molar-refractivity contribution >= 4 is 21.6 Å². The molecule has 0 radical (unpaired) electrons. The second kappa shape index (κ2) is 4.03. The highest BCUT2D eigenvalue weighted by molar-refractivity contribution is 9.10. The van der Waals surface area contributed by atoms with Gasteiger partial charge in [0.2, 0.25) is 0 Å². The van der Waals surface area contributed by atoms with Crippen LogP contribution in [-0.4, -0.2) is 21.1 Å². The SMILES string of the molecule is Brc1ccc2nnc(C3NCC4CCCC43)n2c1. The number of halogens is 1. The van der Waals surface area contributed by atoms with E-state index in [2.05, 4.69) is 42.0 Å². The lowest BCUT2D eigenvalue weighted by Crippen LogP contribution is -2.20. The molecule has 3 atom stereocenters. The summed E-state index contributed by atoms with van der Waals surface area (Å²) in [6.45, 7) is 1.14. The van der Waals surface area contributed by atoms with Gasteiger partial charge in [-0.3, -0.25) is 4.40 Å². The summed E-state index contributed by atoms with van der Waals surface area (Å²) >= 11 is 3.52. The molecule has 1 aliphatic carbocycles. The lowest BCUT2D eigenvalue weighted by Gasteiger charge is -2.16. The molecule has 3 heterocycles. The van der Waals surface area contributed by atoms with E-state index in [-0.39, 0.29) is 0 Å². The van der Waals surface area contributed by atoms with Crippen LogP contribution in [0.5, 0.6) is 0 Å². The average Bonchev–Trinajstić information content (AvgIpc) is 3.01. The summed E-state index contributed by atoms with van der Waals surface area (Å²) in [7, 11) is 0. The summed E-state index contributed by atoms with van der Waals surface area (Å²) in [6.07, 6.45) is 6.13. The molecule has 5 heteroatoms. The lowest BCUT2D eigenvalue weighted by molar-refractivity contribution is 0.405. The molecule has 2 aromatic heterocycles. The number of rotatable bonds is 1. The fraction of sp³-hybridized carbons (Fsp3) is 0.538. The van der Waals surface area contributed by atoms with E-state index < -0.39 is 0 Å². The molecular formula is C13H15BrN4. The third-order valence-electron chi connectivity index (χ3n) is 4.42. The predicted molar refractivity (Wildman–Crippen MR) is 72.3 cm³/mol. The molecule has 2 aliphatic rings. The Labute approximate surface area is 114 Å². The molecular weight excluding hydrogens is 292 g/mol. The van der Waals surface area contributed by atoms with Gasteiger partial charge in [-0.25, -0.2) is 0 Å². The molecule has 2 aromatic rings. The number of aromatic nitrogens is 3. The van der Waals surface area contributed by atoms with Gasteiger partial charge in [0.25, 0.3) is 0 Å². The summed E-state index contributed by atoms with van der Waals surface area (Å²) < 4.78 is 3.18. The average molecular weight is 307 g/mol. The number of nitrogens with zero attached hydrogens (tertiary/aromatic N) is 3. The highest BCUT2D eigenvalue weighted by Crippen LogP contribution is 2.43. The molecule has 0 bridgehead atoms. The van der Waals surface area contributed by atoms with Gasteiger partial charge in [-0.15, -0.1) is 10.2 Å². The van der Waals surface area contributed by atoms with Crippen molar-refractivity contribution in [3.05, 3.63) is 28.6 Å². The second-order valence-electron chi connectivity index (χ2n) is 5.37. The zero-order valence-electron chi connectivity index (χ0n) is 10.0. The Bertz CT molecular complexity index is 594. The maximum absolute atomic E-state index is 4.41. The monoisotopic (exact) mass is 306 g/mol. The number of pyridine rings is 1. The molecule has 2 fully saturated rings. The molecule has 1 saturated carbocycles. The van der Waals surface area contributed by atoms with Crippen molar-refractivity contribution in [1.82, 2.24) is 19.9 Å². The molecule has 0 spiro atoms. The fourth-order valence-electron chi connectivity index (χ4n) is 3.56. The zero-order chi connectivity index (χ0) is 12.1. The van der Waals surface area contributed by atoms with Gasteiger partial charge in [0.05, 0.1) is 6.04 Å². The minimum absolute atomic E-state index is 0.377. The number of fused-ring (bicyclic) bond motifs is 2. The van der Waals surface area contributed by atoms with Crippen molar-refractivity contribution in [2.24, 2.45) is 11.8 Å². The lowest BCUT2D eigenvalue weighted by atomic mass is 9.94. The van der Waals surface area contributed by atoms with Crippen molar-refractivity contribution in [3.8, 4) is 0 Å². The van der Waals surface area contributed by atoms with E-state index >= 15 is 0 Å². The van der Waals surface area contributed by atoms with E-state index in [4.69, 9.17) is 0 Å². The van der Waals surface area contributed by atoms with Crippen LogP contribution in [0.15, 0.2) is 22.8 Å². The smallest absolute Gasteiger partial charge is 0.160 e. The molecule has 0 amide bonds. The van der Waals surface area contributed by atoms with Crippen molar-refractivity contribution in [3.63, 3.8) is 0 Å². The van der Waals surface area contributed by atoms with Crippen LogP contribution in [0.1, 0.15) is 31.1 Å². The fourth-order valence-corrected chi connectivity index (χ4v) is 3.90. The van der Waals surface area contributed by atoms with Crippen molar-refractivity contribution in [2.75, 3.05) is 6.54 Å². The third kappa shape index (κ3) is 1.53. The van der Waals surface area contributed by atoms with E-state index in [0.29, 0.717) is 6.04 Å². The summed E-state index contributed by atoms with van der Waals surface area (Å²) in [5.74, 6) is 2.66. The normalized spacial score (nSPS) is 31.1. The van der Waals surface area contributed by atoms with E-state index in [9.17, 15) is 0 Å². The van der Waals surface area contributed by atoms with E-state index in [0.717, 1.165) is 34.3 Å². The minimum Gasteiger partial charge on any atom is -0.307 e. The standard InChI is InChI=1S/C13H15BrN4/c14-9-4-5-11-16-17-13(18(11)7-9)12-10-3-1-2-8(10)6-15-12/h4-5,7-8,10,12,15H,1-3,6H2. The van der Waals surface area contributed by atoms with Crippen LogP contribution in [0.25, 0.3) is 5.65 Å². The maximum Gasteiger partial charge on any atom is 0.160 e. The highest BCUT2D eigenvalue weighted by atomic mass is 79.9. The Morgan fingerprint density at radius 1 is 1.28 bits per heavy atom. The van der Waals surface area contributed by atoms with Gasteiger partial charge in [0.15, 0.2) is 11.5 Å². The van der Waals surface area contributed by atoms with Crippen LogP contribution >= 0.6 is 15.9 Å². The molecule has 94 valence electrons. The van der Waals surface area contributed by atoms with Crippen LogP contribution in [-0.2, 0) is 0 Å². The van der Waals surface area contributed by atoms with E-state index in [1.54, 1.807) is 0 Å². The zero-order valence-corrected chi connectivity index (χ0v) is 11.6. The molecule has 1 aliphatic heterocycles. The second-order valence-corrected chi connectivity index (χ2v) is 6.29. The van der Waals surface area contributed by atoms with Gasteiger partial charge in [0, 0.05) is 10.7 Å². The Hall–Kier alpha value is -0.940. The van der Waals surface area contributed by atoms with Crippen LogP contribution in [0.3, 0.4) is 0 Å². The Balaban J connectivity index is 1.80. The number of hydrogen-bond acceptors (Lipinski definition) is 3. The van der Waals surface area contributed by atoms with Crippen LogP contribution in [0.2, 0.25) is 0 Å². The van der Waals surface area contributed by atoms with Gasteiger partial charge in [-0.05, 0) is 59.3 Å². The van der Waals surface area contributed by atoms with Crippen molar-refractivity contribution in [1.29, 1.82) is 0 Å². The number of hydrogen-bond donors (Lipinski definition) is 1. The molecule has 0 aromatic carbocycles. The molecule has 1 saturated heterocycles. The van der Waals surface area contributed by atoms with Gasteiger partial charge in [-0.1, -0.05) is 6.42 Å². The summed E-state index contributed by atoms with van der Waals surface area (Å²) in [4.78, 5) is 0. The molecule has 18 heavy (non-hydrogen) atoms. The quantitative estimate of drug-likeness (QED) is 0.880. The minimum atomic E-state index is 0.377. The highest BCUT2D eigenvalue weighted by Gasteiger charge is 2.41. The van der Waals surface area contributed by atoms with E-state index in [1.165, 1.54) is 19.3 Å². The Morgan fingerprint density at radius 3 is 3.17 bits per heavy atom. The summed E-state index contributed by atoms with van der Waals surface area (Å²) in [6, 6.07) is 4.39.